The SMILES string of the molecule is CCCCCCOc1cc2c(cc1[Se]C#C/C(C)=C/C(=O)OCC)C(C)(C)CCC2(C)C. The second-order valence-electron chi connectivity index (χ2n) is 9.93. The molecule has 1 aromatic carbocycles. The van der Waals surface area contributed by atoms with Crippen LogP contribution in [0, 0.1) is 10.7 Å². The molecular formula is C28H40O3Se. The standard InChI is InChI=1S/C28H40O3Se/c1-8-10-11-12-16-31-24-19-22-23(28(6,7)15-14-27(22,4)5)20-25(24)32-17-13-21(3)18-26(29)30-9-2/h18-20H,8-12,14-16H2,1-7H3/b21-18+. The van der Waals surface area contributed by atoms with Crippen molar-refractivity contribution in [2.45, 2.75) is 97.8 Å². The summed E-state index contributed by atoms with van der Waals surface area (Å²) in [6.45, 7) is 16.4. The van der Waals surface area contributed by atoms with Crippen molar-refractivity contribution >= 4 is 25.4 Å². The first-order valence-corrected chi connectivity index (χ1v) is 13.7. The van der Waals surface area contributed by atoms with E-state index in [9.17, 15) is 4.79 Å². The maximum absolute atomic E-state index is 11.6. The van der Waals surface area contributed by atoms with Gasteiger partial charge >= 0.3 is 202 Å². The number of ether oxygens (including phenoxy) is 2. The van der Waals surface area contributed by atoms with Crippen LogP contribution in [0.1, 0.15) is 98.1 Å². The second kappa shape index (κ2) is 12.0. The molecule has 0 aliphatic heterocycles. The summed E-state index contributed by atoms with van der Waals surface area (Å²) in [5.41, 5.74) is 3.89. The summed E-state index contributed by atoms with van der Waals surface area (Å²) in [5, 5.41) is 0. The van der Waals surface area contributed by atoms with Crippen LogP contribution < -0.4 is 9.20 Å². The van der Waals surface area contributed by atoms with Crippen LogP contribution in [-0.2, 0) is 20.4 Å². The summed E-state index contributed by atoms with van der Waals surface area (Å²) in [4.78, 5) is 15.0. The van der Waals surface area contributed by atoms with E-state index in [1.165, 1.54) is 53.8 Å². The topological polar surface area (TPSA) is 35.5 Å². The van der Waals surface area contributed by atoms with Crippen molar-refractivity contribution in [3.63, 3.8) is 0 Å². The quantitative estimate of drug-likeness (QED) is 0.141. The van der Waals surface area contributed by atoms with Crippen LogP contribution in [0.4, 0.5) is 0 Å². The summed E-state index contributed by atoms with van der Waals surface area (Å²) in [5.74, 6) is 3.79. The molecule has 2 rings (SSSR count). The molecule has 0 heterocycles. The van der Waals surface area contributed by atoms with E-state index in [0.29, 0.717) is 6.61 Å². The molecule has 1 aliphatic carbocycles. The van der Waals surface area contributed by atoms with E-state index in [2.05, 4.69) is 57.5 Å². The molecule has 3 nitrogen and oxygen atoms in total. The Kier molecular flexibility index (Phi) is 9.93. The first-order valence-electron chi connectivity index (χ1n) is 12.0. The van der Waals surface area contributed by atoms with Crippen molar-refractivity contribution in [1.82, 2.24) is 0 Å². The Bertz CT molecular complexity index is 884. The number of benzene rings is 1. The molecule has 176 valence electrons. The first kappa shape index (κ1) is 26.6. The molecular weight excluding hydrogens is 463 g/mol. The summed E-state index contributed by atoms with van der Waals surface area (Å²) in [6, 6.07) is 4.66. The number of allylic oxidation sites excluding steroid dienone is 1. The fourth-order valence-corrected chi connectivity index (χ4v) is 5.54. The van der Waals surface area contributed by atoms with Gasteiger partial charge < -0.3 is 0 Å². The van der Waals surface area contributed by atoms with E-state index in [4.69, 9.17) is 9.47 Å². The van der Waals surface area contributed by atoms with E-state index in [0.717, 1.165) is 24.4 Å². The average molecular weight is 504 g/mol. The molecule has 0 amide bonds. The molecule has 0 unspecified atom stereocenters. The summed E-state index contributed by atoms with van der Waals surface area (Å²) >= 11 is -0.0603. The Hall–Kier alpha value is -1.69. The third kappa shape index (κ3) is 7.43. The zero-order valence-electron chi connectivity index (χ0n) is 21.0. The van der Waals surface area contributed by atoms with Gasteiger partial charge in [0.2, 0.25) is 0 Å². The van der Waals surface area contributed by atoms with Gasteiger partial charge in [0.25, 0.3) is 0 Å². The van der Waals surface area contributed by atoms with E-state index in [1.807, 2.05) is 6.92 Å². The average Bonchev–Trinajstić information content (AvgIpc) is 2.72. The monoisotopic (exact) mass is 504 g/mol. The Morgan fingerprint density at radius 3 is 2.34 bits per heavy atom. The predicted octanol–water partition coefficient (Wildman–Crippen LogP) is 5.79. The number of carbonyl (C=O) groups is 1. The zero-order chi connectivity index (χ0) is 23.8. The van der Waals surface area contributed by atoms with Crippen molar-refractivity contribution < 1.29 is 14.3 Å². The summed E-state index contributed by atoms with van der Waals surface area (Å²) in [7, 11) is 0. The molecule has 0 saturated carbocycles. The van der Waals surface area contributed by atoms with E-state index >= 15 is 0 Å². The van der Waals surface area contributed by atoms with E-state index < -0.39 is 0 Å². The van der Waals surface area contributed by atoms with Gasteiger partial charge in [-0.2, -0.15) is 0 Å². The second-order valence-corrected chi connectivity index (χ2v) is 11.7. The van der Waals surface area contributed by atoms with E-state index in [-0.39, 0.29) is 31.8 Å². The first-order chi connectivity index (χ1) is 15.1. The molecule has 32 heavy (non-hydrogen) atoms. The van der Waals surface area contributed by atoms with E-state index in [1.54, 1.807) is 6.92 Å². The van der Waals surface area contributed by atoms with Gasteiger partial charge in [0, 0.05) is 0 Å². The number of rotatable bonds is 9. The van der Waals surface area contributed by atoms with Crippen LogP contribution in [0.25, 0.3) is 0 Å². The zero-order valence-corrected chi connectivity index (χ0v) is 22.7. The van der Waals surface area contributed by atoms with Gasteiger partial charge in [0.1, 0.15) is 0 Å². The number of carbonyl (C=O) groups excluding carboxylic acids is 1. The van der Waals surface area contributed by atoms with Gasteiger partial charge in [-0.3, -0.25) is 0 Å². The van der Waals surface area contributed by atoms with Crippen molar-refractivity contribution in [2.75, 3.05) is 13.2 Å². The number of esters is 1. The number of unbranched alkanes of at least 4 members (excludes halogenated alkanes) is 3. The molecule has 1 aliphatic rings. The third-order valence-electron chi connectivity index (χ3n) is 6.20. The van der Waals surface area contributed by atoms with Crippen molar-refractivity contribution in [1.29, 1.82) is 0 Å². The van der Waals surface area contributed by atoms with Gasteiger partial charge in [-0.05, 0) is 0 Å². The summed E-state index contributed by atoms with van der Waals surface area (Å²) < 4.78 is 12.5. The Balaban J connectivity index is 2.33. The summed E-state index contributed by atoms with van der Waals surface area (Å²) in [6.07, 6.45) is 8.61. The molecule has 0 aromatic heterocycles. The fraction of sp³-hybridized carbons (Fsp3) is 0.607. The van der Waals surface area contributed by atoms with Crippen LogP contribution in [-0.4, -0.2) is 34.1 Å². The maximum atomic E-state index is 11.6. The number of fused-ring (bicyclic) bond motifs is 1. The van der Waals surface area contributed by atoms with Crippen molar-refractivity contribution in [3.8, 4) is 16.5 Å². The molecule has 0 radical (unpaired) electrons. The number of hydrogen-bond donors (Lipinski definition) is 0. The Morgan fingerprint density at radius 1 is 1.06 bits per heavy atom. The molecule has 0 bridgehead atoms. The minimum absolute atomic E-state index is 0.0603. The van der Waals surface area contributed by atoms with Gasteiger partial charge in [0.15, 0.2) is 0 Å². The van der Waals surface area contributed by atoms with Crippen molar-refractivity contribution in [2.24, 2.45) is 0 Å². The van der Waals surface area contributed by atoms with Gasteiger partial charge in [0.05, 0.1) is 0 Å². The van der Waals surface area contributed by atoms with Crippen molar-refractivity contribution in [3.05, 3.63) is 34.9 Å². The van der Waals surface area contributed by atoms with Crippen LogP contribution in [0.15, 0.2) is 23.8 Å². The number of hydrogen-bond acceptors (Lipinski definition) is 3. The van der Waals surface area contributed by atoms with Crippen LogP contribution in [0.3, 0.4) is 0 Å². The van der Waals surface area contributed by atoms with Gasteiger partial charge in [-0.1, -0.05) is 0 Å². The molecule has 0 fully saturated rings. The fourth-order valence-electron chi connectivity index (χ4n) is 4.04. The molecule has 0 spiro atoms. The van der Waals surface area contributed by atoms with Crippen LogP contribution in [0.5, 0.6) is 5.75 Å². The third-order valence-corrected chi connectivity index (χ3v) is 7.76. The Labute approximate surface area is 201 Å². The van der Waals surface area contributed by atoms with Crippen LogP contribution in [0.2, 0.25) is 0 Å². The Morgan fingerprint density at radius 2 is 1.72 bits per heavy atom. The predicted molar refractivity (Wildman–Crippen MR) is 135 cm³/mol. The molecule has 0 atom stereocenters. The molecule has 1 aromatic rings. The molecule has 4 heteroatoms. The minimum atomic E-state index is -0.333. The molecule has 0 saturated heterocycles. The normalized spacial score (nSPS) is 16.5. The van der Waals surface area contributed by atoms with Gasteiger partial charge in [-0.15, -0.1) is 0 Å². The van der Waals surface area contributed by atoms with Gasteiger partial charge in [-0.25, -0.2) is 0 Å². The van der Waals surface area contributed by atoms with Crippen LogP contribution >= 0.6 is 0 Å². The molecule has 0 N–H and O–H groups in total.